The molecule has 0 atom stereocenters. The molecule has 0 aromatic heterocycles. The Morgan fingerprint density at radius 3 is 2.29 bits per heavy atom. The third-order valence-electron chi connectivity index (χ3n) is 3.73. The van der Waals surface area contributed by atoms with Gasteiger partial charge in [-0.3, -0.25) is 10.1 Å². The van der Waals surface area contributed by atoms with Crippen molar-refractivity contribution in [2.75, 3.05) is 17.2 Å². The van der Waals surface area contributed by atoms with Crippen LogP contribution in [0.4, 0.5) is 16.2 Å². The van der Waals surface area contributed by atoms with Gasteiger partial charge in [0.25, 0.3) is 0 Å². The highest BCUT2D eigenvalue weighted by atomic mass is 16.5. The van der Waals surface area contributed by atoms with Crippen LogP contribution in [0.3, 0.4) is 0 Å². The van der Waals surface area contributed by atoms with E-state index in [4.69, 9.17) is 4.74 Å². The van der Waals surface area contributed by atoms with Crippen LogP contribution in [0.5, 0.6) is 0 Å². The Bertz CT molecular complexity index is 741. The van der Waals surface area contributed by atoms with E-state index in [-0.39, 0.29) is 5.91 Å². The van der Waals surface area contributed by atoms with E-state index in [1.807, 2.05) is 38.1 Å². The van der Waals surface area contributed by atoms with Gasteiger partial charge in [0.1, 0.15) is 0 Å². The summed E-state index contributed by atoms with van der Waals surface area (Å²) in [5, 5.41) is 5.57. The van der Waals surface area contributed by atoms with Crippen LogP contribution in [0.1, 0.15) is 23.6 Å². The molecule has 2 aromatic rings. The summed E-state index contributed by atoms with van der Waals surface area (Å²) in [5.74, 6) is -0.0966. The van der Waals surface area contributed by atoms with E-state index in [9.17, 15) is 9.59 Å². The molecular weight excluding hydrogens is 304 g/mol. The minimum atomic E-state index is -0.510. The molecule has 126 valence electrons. The number of hydrogen-bond donors (Lipinski definition) is 2. The molecule has 0 saturated carbocycles. The molecule has 0 saturated heterocycles. The number of carbonyl (C=O) groups is 2. The first-order chi connectivity index (χ1) is 11.5. The number of carbonyl (C=O) groups excluding carboxylic acids is 2. The minimum absolute atomic E-state index is 0.0966. The molecule has 2 N–H and O–H groups in total. The van der Waals surface area contributed by atoms with E-state index >= 15 is 0 Å². The second-order valence-corrected chi connectivity index (χ2v) is 5.48. The van der Waals surface area contributed by atoms with Crippen molar-refractivity contribution < 1.29 is 14.3 Å². The summed E-state index contributed by atoms with van der Waals surface area (Å²) in [6.07, 6.45) is -0.203. The summed E-state index contributed by atoms with van der Waals surface area (Å²) in [6.45, 7) is 5.87. The molecule has 0 aliphatic carbocycles. The Labute approximate surface area is 142 Å². The van der Waals surface area contributed by atoms with E-state index in [0.717, 1.165) is 16.7 Å². The van der Waals surface area contributed by atoms with Crippen molar-refractivity contribution >= 4 is 23.4 Å². The second kappa shape index (κ2) is 8.15. The number of ether oxygens (including phenoxy) is 1. The highest BCUT2D eigenvalue weighted by Gasteiger charge is 2.11. The maximum Gasteiger partial charge on any atom is 0.411 e. The van der Waals surface area contributed by atoms with Crippen LogP contribution in [-0.2, 0) is 16.0 Å². The van der Waals surface area contributed by atoms with Crippen LogP contribution >= 0.6 is 0 Å². The van der Waals surface area contributed by atoms with E-state index in [1.54, 1.807) is 25.1 Å². The molecule has 0 heterocycles. The van der Waals surface area contributed by atoms with Gasteiger partial charge in [-0.05, 0) is 49.6 Å². The summed E-state index contributed by atoms with van der Waals surface area (Å²) < 4.78 is 4.88. The third-order valence-corrected chi connectivity index (χ3v) is 3.73. The highest BCUT2D eigenvalue weighted by Crippen LogP contribution is 2.24. The van der Waals surface area contributed by atoms with Crippen LogP contribution in [0.2, 0.25) is 0 Å². The molecule has 24 heavy (non-hydrogen) atoms. The van der Waals surface area contributed by atoms with Gasteiger partial charge in [0.15, 0.2) is 0 Å². The fourth-order valence-corrected chi connectivity index (χ4v) is 2.36. The Balaban J connectivity index is 2.08. The minimum Gasteiger partial charge on any atom is -0.450 e. The summed E-state index contributed by atoms with van der Waals surface area (Å²) >= 11 is 0. The lowest BCUT2D eigenvalue weighted by Crippen LogP contribution is -2.17. The molecule has 5 nitrogen and oxygen atoms in total. The number of nitrogens with one attached hydrogen (secondary N) is 2. The molecule has 0 radical (unpaired) electrons. The van der Waals surface area contributed by atoms with Crippen molar-refractivity contribution in [2.24, 2.45) is 0 Å². The molecule has 0 bridgehead atoms. The number of rotatable bonds is 5. The van der Waals surface area contributed by atoms with Gasteiger partial charge >= 0.3 is 6.09 Å². The van der Waals surface area contributed by atoms with Gasteiger partial charge in [-0.2, -0.15) is 0 Å². The second-order valence-electron chi connectivity index (χ2n) is 5.48. The lowest BCUT2D eigenvalue weighted by molar-refractivity contribution is -0.115. The standard InChI is InChI=1S/C19H22N2O3/c1-4-24-19(23)21-17-11-7-10-16(14(17)3)20-18(22)12-15-9-6-5-8-13(15)2/h5-11H,4,12H2,1-3H3,(H,20,22)(H,21,23). The first kappa shape index (κ1) is 17.5. The van der Waals surface area contributed by atoms with Crippen molar-refractivity contribution in [3.63, 3.8) is 0 Å². The molecule has 0 aliphatic heterocycles. The van der Waals surface area contributed by atoms with Crippen molar-refractivity contribution in [1.82, 2.24) is 0 Å². The van der Waals surface area contributed by atoms with Gasteiger partial charge in [0.2, 0.25) is 5.91 Å². The molecule has 2 amide bonds. The summed E-state index contributed by atoms with van der Waals surface area (Å²) in [6, 6.07) is 13.1. The summed E-state index contributed by atoms with van der Waals surface area (Å²) in [7, 11) is 0. The number of hydrogen-bond acceptors (Lipinski definition) is 3. The summed E-state index contributed by atoms with van der Waals surface area (Å²) in [5.41, 5.74) is 4.14. The zero-order valence-corrected chi connectivity index (χ0v) is 14.2. The molecule has 2 aromatic carbocycles. The number of amides is 2. The normalized spacial score (nSPS) is 10.1. The molecule has 0 aliphatic rings. The quantitative estimate of drug-likeness (QED) is 0.871. The number of anilines is 2. The van der Waals surface area contributed by atoms with Crippen molar-refractivity contribution in [1.29, 1.82) is 0 Å². The van der Waals surface area contributed by atoms with Gasteiger partial charge < -0.3 is 10.1 Å². The van der Waals surface area contributed by atoms with E-state index < -0.39 is 6.09 Å². The average molecular weight is 326 g/mol. The number of aryl methyl sites for hydroxylation is 1. The molecular formula is C19H22N2O3. The lowest BCUT2D eigenvalue weighted by atomic mass is 10.1. The first-order valence-electron chi connectivity index (χ1n) is 7.89. The smallest absolute Gasteiger partial charge is 0.411 e. The van der Waals surface area contributed by atoms with Crippen LogP contribution in [0.25, 0.3) is 0 Å². The largest absolute Gasteiger partial charge is 0.450 e. The summed E-state index contributed by atoms with van der Waals surface area (Å²) in [4.78, 5) is 23.9. The average Bonchev–Trinajstić information content (AvgIpc) is 2.54. The van der Waals surface area contributed by atoms with Gasteiger partial charge in [0, 0.05) is 11.4 Å². The molecule has 5 heteroatoms. The van der Waals surface area contributed by atoms with E-state index in [1.165, 1.54) is 0 Å². The maximum absolute atomic E-state index is 12.3. The monoisotopic (exact) mass is 326 g/mol. The van der Waals surface area contributed by atoms with E-state index in [0.29, 0.717) is 24.4 Å². The highest BCUT2D eigenvalue weighted by molar-refractivity contribution is 5.95. The molecule has 2 rings (SSSR count). The van der Waals surface area contributed by atoms with E-state index in [2.05, 4.69) is 10.6 Å². The Hall–Kier alpha value is -2.82. The van der Waals surface area contributed by atoms with Crippen molar-refractivity contribution in [3.8, 4) is 0 Å². The SMILES string of the molecule is CCOC(=O)Nc1cccc(NC(=O)Cc2ccccc2C)c1C. The topological polar surface area (TPSA) is 67.4 Å². The predicted octanol–water partition coefficient (Wildman–Crippen LogP) is 4.05. The predicted molar refractivity (Wildman–Crippen MR) is 95.3 cm³/mol. The molecule has 0 spiro atoms. The lowest BCUT2D eigenvalue weighted by Gasteiger charge is -2.13. The number of benzene rings is 2. The Kier molecular flexibility index (Phi) is 5.95. The Morgan fingerprint density at radius 2 is 1.62 bits per heavy atom. The van der Waals surface area contributed by atoms with Gasteiger partial charge in [-0.25, -0.2) is 4.79 Å². The first-order valence-corrected chi connectivity index (χ1v) is 7.89. The van der Waals surface area contributed by atoms with Gasteiger partial charge in [0.05, 0.1) is 13.0 Å². The van der Waals surface area contributed by atoms with Crippen molar-refractivity contribution in [3.05, 3.63) is 59.2 Å². The van der Waals surface area contributed by atoms with Crippen LogP contribution in [0, 0.1) is 13.8 Å². The third kappa shape index (κ3) is 4.59. The fourth-order valence-electron chi connectivity index (χ4n) is 2.36. The van der Waals surface area contributed by atoms with Gasteiger partial charge in [-0.1, -0.05) is 30.3 Å². The maximum atomic E-state index is 12.3. The van der Waals surface area contributed by atoms with Crippen LogP contribution < -0.4 is 10.6 Å². The van der Waals surface area contributed by atoms with Crippen molar-refractivity contribution in [2.45, 2.75) is 27.2 Å². The van der Waals surface area contributed by atoms with Crippen LogP contribution in [-0.4, -0.2) is 18.6 Å². The zero-order valence-electron chi connectivity index (χ0n) is 14.2. The zero-order chi connectivity index (χ0) is 17.5. The van der Waals surface area contributed by atoms with Gasteiger partial charge in [-0.15, -0.1) is 0 Å². The molecule has 0 unspecified atom stereocenters. The Morgan fingerprint density at radius 1 is 0.958 bits per heavy atom. The fraction of sp³-hybridized carbons (Fsp3) is 0.263. The van der Waals surface area contributed by atoms with Crippen LogP contribution in [0.15, 0.2) is 42.5 Å². The molecule has 0 fully saturated rings.